The van der Waals surface area contributed by atoms with E-state index in [1.54, 1.807) is 23.7 Å². The highest BCUT2D eigenvalue weighted by atomic mass is 32.1. The monoisotopic (exact) mass is 368 g/mol. The molecule has 0 unspecified atom stereocenters. The van der Waals surface area contributed by atoms with E-state index in [2.05, 4.69) is 58.1 Å². The van der Waals surface area contributed by atoms with Gasteiger partial charge in [-0.1, -0.05) is 18.2 Å². The lowest BCUT2D eigenvalue weighted by atomic mass is 10.0. The van der Waals surface area contributed by atoms with Crippen LogP contribution >= 0.6 is 11.3 Å². The summed E-state index contributed by atoms with van der Waals surface area (Å²) >= 11 is 1.76. The first-order valence-electron chi connectivity index (χ1n) is 8.69. The summed E-state index contributed by atoms with van der Waals surface area (Å²) in [7, 11) is 1.89. The second-order valence-electron chi connectivity index (χ2n) is 6.29. The molecule has 0 saturated heterocycles. The maximum absolute atomic E-state index is 4.74. The van der Waals surface area contributed by atoms with Gasteiger partial charge in [0.05, 0.1) is 5.52 Å². The van der Waals surface area contributed by atoms with E-state index >= 15 is 0 Å². The Morgan fingerprint density at radius 2 is 1.78 bits per heavy atom. The third kappa shape index (κ3) is 2.82. The van der Waals surface area contributed by atoms with Gasteiger partial charge < -0.3 is 5.32 Å². The van der Waals surface area contributed by atoms with Crippen molar-refractivity contribution >= 4 is 38.1 Å². The van der Waals surface area contributed by atoms with Crippen molar-refractivity contribution in [3.05, 3.63) is 72.4 Å². The number of pyridine rings is 1. The van der Waals surface area contributed by atoms with Gasteiger partial charge in [-0.25, -0.2) is 9.97 Å². The van der Waals surface area contributed by atoms with Crippen LogP contribution in [0.1, 0.15) is 0 Å². The third-order valence-electron chi connectivity index (χ3n) is 4.64. The minimum atomic E-state index is 0.674. The van der Waals surface area contributed by atoms with Crippen molar-refractivity contribution in [1.29, 1.82) is 0 Å². The lowest BCUT2D eigenvalue weighted by Gasteiger charge is -2.10. The summed E-state index contributed by atoms with van der Waals surface area (Å²) in [5, 5.41) is 7.63. The Kier molecular flexibility index (Phi) is 3.80. The van der Waals surface area contributed by atoms with Crippen LogP contribution in [0.15, 0.2) is 72.4 Å². The van der Waals surface area contributed by atoms with Crippen LogP contribution in [0.5, 0.6) is 0 Å². The molecule has 0 bridgehead atoms. The zero-order chi connectivity index (χ0) is 18.2. The fourth-order valence-electron chi connectivity index (χ4n) is 3.26. The molecule has 4 nitrogen and oxygen atoms in total. The first-order valence-corrected chi connectivity index (χ1v) is 9.57. The summed E-state index contributed by atoms with van der Waals surface area (Å²) < 4.78 is 1.30. The molecule has 3 heterocycles. The van der Waals surface area contributed by atoms with E-state index in [-0.39, 0.29) is 0 Å². The number of hydrogen-bond acceptors (Lipinski definition) is 5. The molecule has 0 aliphatic carbocycles. The van der Waals surface area contributed by atoms with Crippen LogP contribution in [-0.4, -0.2) is 22.0 Å². The molecule has 0 aliphatic rings. The van der Waals surface area contributed by atoms with Crippen molar-refractivity contribution in [2.45, 2.75) is 0 Å². The molecule has 0 spiro atoms. The largest absolute Gasteiger partial charge is 0.373 e. The van der Waals surface area contributed by atoms with E-state index < -0.39 is 0 Å². The molecule has 0 amide bonds. The first kappa shape index (κ1) is 15.9. The fourth-order valence-corrected chi connectivity index (χ4v) is 4.09. The smallest absolute Gasteiger partial charge is 0.163 e. The molecule has 130 valence electrons. The van der Waals surface area contributed by atoms with Crippen LogP contribution in [0.25, 0.3) is 43.5 Å². The zero-order valence-electron chi connectivity index (χ0n) is 14.7. The van der Waals surface area contributed by atoms with Crippen LogP contribution in [0.2, 0.25) is 0 Å². The molecular weight excluding hydrogens is 352 g/mol. The van der Waals surface area contributed by atoms with E-state index in [0.29, 0.717) is 5.82 Å². The average molecular weight is 368 g/mol. The molecule has 1 N–H and O–H groups in total. The van der Waals surface area contributed by atoms with E-state index in [9.17, 15) is 0 Å². The summed E-state index contributed by atoms with van der Waals surface area (Å²) in [5.41, 5.74) is 4.18. The van der Waals surface area contributed by atoms with Gasteiger partial charge in [-0.05, 0) is 58.3 Å². The highest BCUT2D eigenvalue weighted by molar-refractivity contribution is 7.17. The highest BCUT2D eigenvalue weighted by Gasteiger charge is 2.10. The van der Waals surface area contributed by atoms with Crippen LogP contribution in [-0.2, 0) is 0 Å². The lowest BCUT2D eigenvalue weighted by molar-refractivity contribution is 1.20. The summed E-state index contributed by atoms with van der Waals surface area (Å²) in [6, 6.07) is 18.9. The maximum Gasteiger partial charge on any atom is 0.163 e. The Balaban J connectivity index is 1.66. The molecule has 0 fully saturated rings. The van der Waals surface area contributed by atoms with Crippen molar-refractivity contribution in [1.82, 2.24) is 15.0 Å². The Morgan fingerprint density at radius 1 is 0.889 bits per heavy atom. The van der Waals surface area contributed by atoms with Crippen LogP contribution in [0.4, 0.5) is 5.82 Å². The number of nitrogens with one attached hydrogen (secondary N) is 1. The second-order valence-corrected chi connectivity index (χ2v) is 7.24. The van der Waals surface area contributed by atoms with Crippen molar-refractivity contribution in [2.75, 3.05) is 12.4 Å². The number of fused-ring (bicyclic) bond motifs is 2. The average Bonchev–Trinajstić information content (AvgIpc) is 3.21. The predicted octanol–water partition coefficient (Wildman–Crippen LogP) is 5.62. The van der Waals surface area contributed by atoms with Crippen LogP contribution in [0, 0.1) is 0 Å². The number of benzene rings is 2. The molecule has 0 atom stereocenters. The second kappa shape index (κ2) is 6.45. The molecule has 5 rings (SSSR count). The molecule has 0 radical (unpaired) electrons. The first-order chi connectivity index (χ1) is 13.3. The number of thiophene rings is 1. The molecule has 2 aromatic carbocycles. The molecular formula is C22H16N4S. The number of hydrogen-bond donors (Lipinski definition) is 1. The quantitative estimate of drug-likeness (QED) is 0.449. The number of rotatable bonds is 3. The Bertz CT molecular complexity index is 1260. The van der Waals surface area contributed by atoms with Gasteiger partial charge in [0.1, 0.15) is 5.82 Å². The minimum absolute atomic E-state index is 0.674. The molecule has 5 heteroatoms. The number of anilines is 1. The highest BCUT2D eigenvalue weighted by Crippen LogP contribution is 2.32. The fraction of sp³-hybridized carbons (Fsp3) is 0.0455. The zero-order valence-corrected chi connectivity index (χ0v) is 15.5. The van der Waals surface area contributed by atoms with Crippen LogP contribution < -0.4 is 5.32 Å². The van der Waals surface area contributed by atoms with E-state index in [4.69, 9.17) is 9.97 Å². The summed E-state index contributed by atoms with van der Waals surface area (Å²) in [6.07, 6.45) is 3.53. The van der Waals surface area contributed by atoms with Crippen molar-refractivity contribution in [3.8, 4) is 22.5 Å². The molecule has 5 aromatic rings. The molecule has 0 saturated carbocycles. The Morgan fingerprint density at radius 3 is 2.63 bits per heavy atom. The standard InChI is InChI=1S/C22H16N4S/c1-23-22-18-11-15(16-5-4-14-8-10-27-20(14)12-16)6-7-19(18)25-21(26-22)17-3-2-9-24-13-17/h2-13H,1H3,(H,23,25,26). The van der Waals surface area contributed by atoms with E-state index in [1.807, 2.05) is 19.2 Å². The normalized spacial score (nSPS) is 11.1. The van der Waals surface area contributed by atoms with E-state index in [1.165, 1.54) is 15.6 Å². The van der Waals surface area contributed by atoms with Gasteiger partial charge in [0, 0.05) is 35.1 Å². The summed E-state index contributed by atoms with van der Waals surface area (Å²) in [5.74, 6) is 1.49. The Labute approximate surface area is 160 Å². The molecule has 27 heavy (non-hydrogen) atoms. The van der Waals surface area contributed by atoms with Crippen molar-refractivity contribution in [2.24, 2.45) is 0 Å². The van der Waals surface area contributed by atoms with Gasteiger partial charge in [-0.3, -0.25) is 4.98 Å². The van der Waals surface area contributed by atoms with E-state index in [0.717, 1.165) is 27.8 Å². The lowest BCUT2D eigenvalue weighted by Crippen LogP contribution is -1.99. The van der Waals surface area contributed by atoms with Gasteiger partial charge in [0.25, 0.3) is 0 Å². The SMILES string of the molecule is CNc1nc(-c2cccnc2)nc2ccc(-c3ccc4ccsc4c3)cc12. The summed E-state index contributed by atoms with van der Waals surface area (Å²) in [6.45, 7) is 0. The van der Waals surface area contributed by atoms with Crippen molar-refractivity contribution in [3.63, 3.8) is 0 Å². The molecule has 0 aliphatic heterocycles. The third-order valence-corrected chi connectivity index (χ3v) is 5.52. The van der Waals surface area contributed by atoms with Crippen LogP contribution in [0.3, 0.4) is 0 Å². The molecule has 3 aromatic heterocycles. The van der Waals surface area contributed by atoms with Crippen molar-refractivity contribution < 1.29 is 0 Å². The summed E-state index contributed by atoms with van der Waals surface area (Å²) in [4.78, 5) is 13.6. The van der Waals surface area contributed by atoms with Gasteiger partial charge in [-0.15, -0.1) is 11.3 Å². The number of nitrogens with zero attached hydrogens (tertiary/aromatic N) is 3. The maximum atomic E-state index is 4.74. The van der Waals surface area contributed by atoms with Gasteiger partial charge >= 0.3 is 0 Å². The predicted molar refractivity (Wildman–Crippen MR) is 113 cm³/mol. The number of aromatic nitrogens is 3. The minimum Gasteiger partial charge on any atom is -0.373 e. The van der Waals surface area contributed by atoms with Gasteiger partial charge in [-0.2, -0.15) is 0 Å². The van der Waals surface area contributed by atoms with Gasteiger partial charge in [0.2, 0.25) is 0 Å². The Hall–Kier alpha value is -3.31. The topological polar surface area (TPSA) is 50.7 Å². The van der Waals surface area contributed by atoms with Gasteiger partial charge in [0.15, 0.2) is 5.82 Å².